The minimum absolute atomic E-state index is 0.565. The first-order valence-corrected chi connectivity index (χ1v) is 8.23. The minimum atomic E-state index is 0.565. The molecule has 1 aromatic rings. The highest BCUT2D eigenvalue weighted by atomic mass is 35.5. The number of rotatable bonds is 11. The van der Waals surface area contributed by atoms with Gasteiger partial charge in [-0.3, -0.25) is 0 Å². The Balaban J connectivity index is 2.09. The number of benzene rings is 1. The summed E-state index contributed by atoms with van der Waals surface area (Å²) in [4.78, 5) is 1.28. The van der Waals surface area contributed by atoms with Crippen molar-refractivity contribution in [2.75, 3.05) is 45.9 Å². The molecule has 20 heavy (non-hydrogen) atoms. The van der Waals surface area contributed by atoms with Crippen LogP contribution in [0.5, 0.6) is 0 Å². The molecule has 0 saturated heterocycles. The van der Waals surface area contributed by atoms with Crippen LogP contribution in [-0.2, 0) is 20.1 Å². The number of ether oxygens (including phenoxy) is 3. The largest absolute Gasteiger partial charge is 0.382 e. The molecule has 0 spiro atoms. The summed E-state index contributed by atoms with van der Waals surface area (Å²) in [5.74, 6) is 1.50. The van der Waals surface area contributed by atoms with E-state index in [2.05, 4.69) is 25.1 Å². The minimum Gasteiger partial charge on any atom is -0.382 e. The highest BCUT2D eigenvalue weighted by Gasteiger charge is 2.03. The van der Waals surface area contributed by atoms with Crippen LogP contribution in [0.2, 0.25) is 0 Å². The van der Waals surface area contributed by atoms with E-state index in [-0.39, 0.29) is 0 Å². The summed E-state index contributed by atoms with van der Waals surface area (Å²) in [6.45, 7) is 5.35. The van der Waals surface area contributed by atoms with Gasteiger partial charge in [0, 0.05) is 23.6 Å². The molecule has 0 aliphatic carbocycles. The second-order valence-electron chi connectivity index (χ2n) is 4.24. The van der Waals surface area contributed by atoms with Gasteiger partial charge in [-0.25, -0.2) is 0 Å². The van der Waals surface area contributed by atoms with Crippen molar-refractivity contribution in [2.24, 2.45) is 0 Å². The standard InChI is InChI=1S/C15H23ClO3S/c1-13-14(12-16)4-3-5-15(13)20-11-10-19-9-8-18-7-6-17-2/h3-5H,6-12H2,1-2H3. The van der Waals surface area contributed by atoms with E-state index in [1.54, 1.807) is 18.9 Å². The number of halogens is 1. The third-order valence-corrected chi connectivity index (χ3v) is 4.24. The van der Waals surface area contributed by atoms with Crippen molar-refractivity contribution >= 4 is 23.4 Å². The van der Waals surface area contributed by atoms with E-state index in [1.165, 1.54) is 16.0 Å². The lowest BCUT2D eigenvalue weighted by molar-refractivity contribution is 0.0286. The van der Waals surface area contributed by atoms with Crippen molar-refractivity contribution < 1.29 is 14.2 Å². The van der Waals surface area contributed by atoms with Crippen LogP contribution in [0.15, 0.2) is 23.1 Å². The van der Waals surface area contributed by atoms with Gasteiger partial charge in [0.1, 0.15) is 0 Å². The molecule has 0 aliphatic rings. The van der Waals surface area contributed by atoms with E-state index in [9.17, 15) is 0 Å². The number of alkyl halides is 1. The van der Waals surface area contributed by atoms with Gasteiger partial charge in [-0.05, 0) is 24.1 Å². The summed E-state index contributed by atoms with van der Waals surface area (Å²) >= 11 is 7.71. The molecule has 0 N–H and O–H groups in total. The molecule has 0 atom stereocenters. The number of thioether (sulfide) groups is 1. The Morgan fingerprint density at radius 1 is 1.05 bits per heavy atom. The Bertz CT molecular complexity index is 374. The topological polar surface area (TPSA) is 27.7 Å². The average Bonchev–Trinajstić information content (AvgIpc) is 2.47. The Hall–Kier alpha value is -0.260. The molecule has 0 aliphatic heterocycles. The van der Waals surface area contributed by atoms with Gasteiger partial charge in [-0.2, -0.15) is 0 Å². The van der Waals surface area contributed by atoms with Crippen LogP contribution in [0.25, 0.3) is 0 Å². The fourth-order valence-electron chi connectivity index (χ4n) is 1.64. The molecule has 5 heteroatoms. The van der Waals surface area contributed by atoms with Crippen molar-refractivity contribution in [3.05, 3.63) is 29.3 Å². The molecular formula is C15H23ClO3S. The number of hydrogen-bond donors (Lipinski definition) is 0. The van der Waals surface area contributed by atoms with Crippen LogP contribution in [0.4, 0.5) is 0 Å². The lowest BCUT2D eigenvalue weighted by atomic mass is 10.1. The zero-order chi connectivity index (χ0) is 14.6. The first-order valence-electron chi connectivity index (χ1n) is 6.71. The number of hydrogen-bond acceptors (Lipinski definition) is 4. The Morgan fingerprint density at radius 3 is 2.45 bits per heavy atom. The normalized spacial score (nSPS) is 10.9. The maximum atomic E-state index is 5.90. The maximum Gasteiger partial charge on any atom is 0.0701 e. The van der Waals surface area contributed by atoms with Crippen molar-refractivity contribution in [1.29, 1.82) is 0 Å². The van der Waals surface area contributed by atoms with Crippen LogP contribution in [0.3, 0.4) is 0 Å². The van der Waals surface area contributed by atoms with Gasteiger partial charge < -0.3 is 14.2 Å². The molecule has 1 rings (SSSR count). The van der Waals surface area contributed by atoms with E-state index in [4.69, 9.17) is 25.8 Å². The van der Waals surface area contributed by atoms with Gasteiger partial charge in [-0.15, -0.1) is 23.4 Å². The SMILES string of the molecule is COCCOCCOCCSc1cccc(CCl)c1C. The van der Waals surface area contributed by atoms with Crippen molar-refractivity contribution in [2.45, 2.75) is 17.7 Å². The van der Waals surface area contributed by atoms with E-state index in [0.29, 0.717) is 32.3 Å². The summed E-state index contributed by atoms with van der Waals surface area (Å²) in [7, 11) is 1.66. The van der Waals surface area contributed by atoms with Crippen LogP contribution in [0.1, 0.15) is 11.1 Å². The van der Waals surface area contributed by atoms with Gasteiger partial charge in [0.15, 0.2) is 0 Å². The molecular weight excluding hydrogens is 296 g/mol. The lowest BCUT2D eigenvalue weighted by Crippen LogP contribution is -2.09. The third-order valence-electron chi connectivity index (χ3n) is 2.83. The first kappa shape index (κ1) is 17.8. The highest BCUT2D eigenvalue weighted by Crippen LogP contribution is 2.25. The van der Waals surface area contributed by atoms with Gasteiger partial charge in [-0.1, -0.05) is 12.1 Å². The van der Waals surface area contributed by atoms with E-state index in [1.807, 2.05) is 0 Å². The maximum absolute atomic E-state index is 5.90. The molecule has 3 nitrogen and oxygen atoms in total. The van der Waals surface area contributed by atoms with Crippen molar-refractivity contribution in [3.8, 4) is 0 Å². The monoisotopic (exact) mass is 318 g/mol. The molecule has 0 bridgehead atoms. The van der Waals surface area contributed by atoms with Crippen LogP contribution < -0.4 is 0 Å². The third kappa shape index (κ3) is 6.95. The molecule has 1 aromatic carbocycles. The van der Waals surface area contributed by atoms with Gasteiger partial charge >= 0.3 is 0 Å². The summed E-state index contributed by atoms with van der Waals surface area (Å²) < 4.78 is 15.7. The van der Waals surface area contributed by atoms with Crippen molar-refractivity contribution in [3.63, 3.8) is 0 Å². The molecule has 0 unspecified atom stereocenters. The second-order valence-corrected chi connectivity index (χ2v) is 5.64. The van der Waals surface area contributed by atoms with E-state index in [0.717, 1.165) is 12.4 Å². The highest BCUT2D eigenvalue weighted by molar-refractivity contribution is 7.99. The predicted molar refractivity (Wildman–Crippen MR) is 85.0 cm³/mol. The van der Waals surface area contributed by atoms with E-state index >= 15 is 0 Å². The smallest absolute Gasteiger partial charge is 0.0701 e. The fraction of sp³-hybridized carbons (Fsp3) is 0.600. The van der Waals surface area contributed by atoms with Crippen molar-refractivity contribution in [1.82, 2.24) is 0 Å². The van der Waals surface area contributed by atoms with Crippen LogP contribution in [0, 0.1) is 6.92 Å². The quantitative estimate of drug-likeness (QED) is 0.354. The number of methoxy groups -OCH3 is 1. The lowest BCUT2D eigenvalue weighted by Gasteiger charge is -2.09. The zero-order valence-corrected chi connectivity index (χ0v) is 13.8. The summed E-state index contributed by atoms with van der Waals surface area (Å²) in [6, 6.07) is 6.25. The Kier molecular flexibility index (Phi) is 10.1. The molecule has 0 heterocycles. The fourth-order valence-corrected chi connectivity index (χ4v) is 2.87. The van der Waals surface area contributed by atoms with Gasteiger partial charge in [0.05, 0.1) is 33.0 Å². The Labute approximate surface area is 130 Å². The van der Waals surface area contributed by atoms with Crippen LogP contribution in [-0.4, -0.2) is 45.9 Å². The van der Waals surface area contributed by atoms with E-state index < -0.39 is 0 Å². The molecule has 0 saturated carbocycles. The molecule has 0 aromatic heterocycles. The second kappa shape index (κ2) is 11.4. The zero-order valence-electron chi connectivity index (χ0n) is 12.2. The molecule has 0 radical (unpaired) electrons. The van der Waals surface area contributed by atoms with Gasteiger partial charge in [0.2, 0.25) is 0 Å². The summed E-state index contributed by atoms with van der Waals surface area (Å²) in [5.41, 5.74) is 2.47. The van der Waals surface area contributed by atoms with Crippen LogP contribution >= 0.6 is 23.4 Å². The molecule has 0 amide bonds. The molecule has 0 fully saturated rings. The molecule has 114 valence electrons. The average molecular weight is 319 g/mol. The Morgan fingerprint density at radius 2 is 1.75 bits per heavy atom. The first-order chi connectivity index (χ1) is 9.79. The summed E-state index contributed by atoms with van der Waals surface area (Å²) in [5, 5.41) is 0. The predicted octanol–water partition coefficient (Wildman–Crippen LogP) is 3.51. The van der Waals surface area contributed by atoms with Gasteiger partial charge in [0.25, 0.3) is 0 Å². The summed E-state index contributed by atoms with van der Waals surface area (Å²) in [6.07, 6.45) is 0.